The number of rotatable bonds is 7. The molecule has 1 unspecified atom stereocenters. The molecule has 1 fully saturated rings. The molecule has 0 bridgehead atoms. The first-order chi connectivity index (χ1) is 14.4. The molecule has 0 radical (unpaired) electrons. The van der Waals surface area contributed by atoms with E-state index in [1.165, 1.54) is 0 Å². The Hall–Kier alpha value is -2.58. The zero-order chi connectivity index (χ0) is 21.7. The second-order valence-electron chi connectivity index (χ2n) is 7.23. The average molecular weight is 416 g/mol. The van der Waals surface area contributed by atoms with Gasteiger partial charge in [-0.15, -0.1) is 0 Å². The third-order valence-electron chi connectivity index (χ3n) is 5.20. The maximum Gasteiger partial charge on any atom is 0.226 e. The van der Waals surface area contributed by atoms with Gasteiger partial charge in [0.25, 0.3) is 0 Å². The topological polar surface area (TPSA) is 97.6 Å². The molecular weight excluding hydrogens is 388 g/mol. The van der Waals surface area contributed by atoms with E-state index in [1.807, 2.05) is 42.5 Å². The molecule has 162 valence electrons. The lowest BCUT2D eigenvalue weighted by Crippen LogP contribution is -2.56. The van der Waals surface area contributed by atoms with Crippen molar-refractivity contribution in [3.05, 3.63) is 53.6 Å². The molecule has 30 heavy (non-hydrogen) atoms. The molecule has 1 heterocycles. The lowest BCUT2D eigenvalue weighted by atomic mass is 9.91. The molecule has 0 amide bonds. The van der Waals surface area contributed by atoms with Crippen LogP contribution in [0.4, 0.5) is 0 Å². The highest BCUT2D eigenvalue weighted by Crippen LogP contribution is 2.28. The van der Waals surface area contributed by atoms with Gasteiger partial charge in [-0.05, 0) is 35.4 Å². The predicted octanol–water partition coefficient (Wildman–Crippen LogP) is 2.33. The summed E-state index contributed by atoms with van der Waals surface area (Å²) in [5.74, 6) is 1.45. The van der Waals surface area contributed by atoms with Crippen molar-refractivity contribution in [3.8, 4) is 17.2 Å². The van der Waals surface area contributed by atoms with Crippen LogP contribution in [0.1, 0.15) is 18.1 Å². The smallest absolute Gasteiger partial charge is 0.226 e. The van der Waals surface area contributed by atoms with Crippen LogP contribution in [0.25, 0.3) is 12.2 Å². The third kappa shape index (κ3) is 5.12. The van der Waals surface area contributed by atoms with Gasteiger partial charge < -0.3 is 34.3 Å². The zero-order valence-electron chi connectivity index (χ0n) is 17.3. The minimum atomic E-state index is -1.01. The fourth-order valence-corrected chi connectivity index (χ4v) is 3.28. The number of methoxy groups -OCH3 is 2. The van der Waals surface area contributed by atoms with E-state index in [9.17, 15) is 15.3 Å². The highest BCUT2D eigenvalue weighted by Gasteiger charge is 2.43. The van der Waals surface area contributed by atoms with E-state index >= 15 is 0 Å². The maximum atomic E-state index is 10.3. The molecule has 5 atom stereocenters. The van der Waals surface area contributed by atoms with Crippen molar-refractivity contribution < 1.29 is 34.3 Å². The van der Waals surface area contributed by atoms with Crippen LogP contribution in [-0.4, -0.2) is 60.7 Å². The average Bonchev–Trinajstić information content (AvgIpc) is 2.78. The van der Waals surface area contributed by atoms with Crippen LogP contribution in [0.15, 0.2) is 42.5 Å². The molecule has 1 saturated heterocycles. The monoisotopic (exact) mass is 416 g/mol. The van der Waals surface area contributed by atoms with Gasteiger partial charge in [0.1, 0.15) is 29.5 Å². The van der Waals surface area contributed by atoms with Gasteiger partial charge in [-0.25, -0.2) is 0 Å². The van der Waals surface area contributed by atoms with Gasteiger partial charge in [0.15, 0.2) is 0 Å². The first-order valence-corrected chi connectivity index (χ1v) is 9.75. The summed E-state index contributed by atoms with van der Waals surface area (Å²) in [5.41, 5.74) is 1.89. The van der Waals surface area contributed by atoms with Crippen LogP contribution >= 0.6 is 0 Å². The Balaban J connectivity index is 1.67. The van der Waals surface area contributed by atoms with Gasteiger partial charge >= 0.3 is 0 Å². The predicted molar refractivity (Wildman–Crippen MR) is 112 cm³/mol. The molecule has 0 spiro atoms. The summed E-state index contributed by atoms with van der Waals surface area (Å²) in [7, 11) is 3.22. The summed E-state index contributed by atoms with van der Waals surface area (Å²) in [6, 6.07) is 12.9. The third-order valence-corrected chi connectivity index (χ3v) is 5.20. The van der Waals surface area contributed by atoms with Crippen LogP contribution in [0.2, 0.25) is 0 Å². The Bertz CT molecular complexity index is 825. The summed E-state index contributed by atoms with van der Waals surface area (Å²) in [6.45, 7) is 1.34. The van der Waals surface area contributed by atoms with E-state index in [2.05, 4.69) is 0 Å². The Kier molecular flexibility index (Phi) is 7.33. The van der Waals surface area contributed by atoms with E-state index < -0.39 is 30.5 Å². The first kappa shape index (κ1) is 22.1. The summed E-state index contributed by atoms with van der Waals surface area (Å²) in [6.07, 6.45) is 0.174. The summed E-state index contributed by atoms with van der Waals surface area (Å²) < 4.78 is 21.8. The van der Waals surface area contributed by atoms with Crippen LogP contribution in [0, 0.1) is 5.92 Å². The minimum absolute atomic E-state index is 0.350. The fourth-order valence-electron chi connectivity index (χ4n) is 3.28. The van der Waals surface area contributed by atoms with Gasteiger partial charge in [0, 0.05) is 12.0 Å². The highest BCUT2D eigenvalue weighted by atomic mass is 16.7. The lowest BCUT2D eigenvalue weighted by molar-refractivity contribution is -0.260. The molecule has 0 saturated carbocycles. The van der Waals surface area contributed by atoms with E-state index in [-0.39, 0.29) is 6.61 Å². The standard InChI is InChI=1S/C23H28O7/c1-14-21(25)20(13-24)30-23(22(14)26)29-17-8-6-15(7-9-17)4-5-16-10-18(27-2)12-19(11-16)28-3/h4-12,14,20-26H,13H2,1-3H3/b5-4+/t14-,20+,21-,22+,23?/m0/s1. The quantitative estimate of drug-likeness (QED) is 0.596. The van der Waals surface area contributed by atoms with Crippen molar-refractivity contribution in [2.75, 3.05) is 20.8 Å². The SMILES string of the molecule is COc1cc(/C=C/c2ccc(OC3O[C@H](CO)[C@@H](O)[C@H](C)[C@H]3O)cc2)cc(OC)c1. The van der Waals surface area contributed by atoms with Gasteiger partial charge in [-0.3, -0.25) is 0 Å². The minimum Gasteiger partial charge on any atom is -0.497 e. The Labute approximate surface area is 176 Å². The van der Waals surface area contributed by atoms with Crippen molar-refractivity contribution in [3.63, 3.8) is 0 Å². The normalized spacial score (nSPS) is 26.5. The second kappa shape index (κ2) is 9.95. The Morgan fingerprint density at radius 3 is 2.03 bits per heavy atom. The molecule has 3 rings (SSSR count). The lowest BCUT2D eigenvalue weighted by Gasteiger charge is -2.40. The fraction of sp³-hybridized carbons (Fsp3) is 0.391. The number of hydrogen-bond acceptors (Lipinski definition) is 7. The first-order valence-electron chi connectivity index (χ1n) is 9.75. The van der Waals surface area contributed by atoms with Crippen molar-refractivity contribution in [1.29, 1.82) is 0 Å². The zero-order valence-corrected chi connectivity index (χ0v) is 17.3. The molecular formula is C23H28O7. The Morgan fingerprint density at radius 1 is 0.867 bits per heavy atom. The molecule has 0 aliphatic carbocycles. The van der Waals surface area contributed by atoms with E-state index in [1.54, 1.807) is 33.3 Å². The van der Waals surface area contributed by atoms with Crippen molar-refractivity contribution >= 4 is 12.2 Å². The van der Waals surface area contributed by atoms with E-state index in [0.717, 1.165) is 11.1 Å². The van der Waals surface area contributed by atoms with Crippen molar-refractivity contribution in [1.82, 2.24) is 0 Å². The summed E-state index contributed by atoms with van der Waals surface area (Å²) in [5, 5.41) is 29.7. The van der Waals surface area contributed by atoms with Crippen LogP contribution in [0.3, 0.4) is 0 Å². The van der Waals surface area contributed by atoms with Crippen LogP contribution < -0.4 is 14.2 Å². The molecule has 7 nitrogen and oxygen atoms in total. The maximum absolute atomic E-state index is 10.3. The summed E-state index contributed by atoms with van der Waals surface area (Å²) >= 11 is 0. The van der Waals surface area contributed by atoms with Gasteiger partial charge in [-0.2, -0.15) is 0 Å². The van der Waals surface area contributed by atoms with Gasteiger partial charge in [0.05, 0.1) is 26.9 Å². The van der Waals surface area contributed by atoms with Crippen molar-refractivity contribution in [2.45, 2.75) is 31.5 Å². The number of hydrogen-bond donors (Lipinski definition) is 3. The molecule has 3 N–H and O–H groups in total. The molecule has 1 aliphatic heterocycles. The van der Waals surface area contributed by atoms with Gasteiger partial charge in [-0.1, -0.05) is 31.2 Å². The van der Waals surface area contributed by atoms with Crippen molar-refractivity contribution in [2.24, 2.45) is 5.92 Å². The number of benzene rings is 2. The van der Waals surface area contributed by atoms with Crippen LogP contribution in [-0.2, 0) is 4.74 Å². The number of ether oxygens (including phenoxy) is 4. The molecule has 1 aliphatic rings. The second-order valence-corrected chi connectivity index (χ2v) is 7.23. The van der Waals surface area contributed by atoms with E-state index in [4.69, 9.17) is 18.9 Å². The molecule has 7 heteroatoms. The van der Waals surface area contributed by atoms with Gasteiger partial charge in [0.2, 0.25) is 6.29 Å². The molecule has 0 aromatic heterocycles. The highest BCUT2D eigenvalue weighted by molar-refractivity contribution is 5.71. The summed E-state index contributed by atoms with van der Waals surface area (Å²) in [4.78, 5) is 0. The number of aliphatic hydroxyl groups is 3. The number of aliphatic hydroxyl groups excluding tert-OH is 3. The largest absolute Gasteiger partial charge is 0.497 e. The molecule has 2 aromatic carbocycles. The Morgan fingerprint density at radius 2 is 1.47 bits per heavy atom. The van der Waals surface area contributed by atoms with Crippen LogP contribution in [0.5, 0.6) is 17.2 Å². The molecule has 2 aromatic rings. The van der Waals surface area contributed by atoms with E-state index in [0.29, 0.717) is 17.2 Å².